The van der Waals surface area contributed by atoms with Crippen LogP contribution in [-0.2, 0) is 16.0 Å². The van der Waals surface area contributed by atoms with Gasteiger partial charge >= 0.3 is 0 Å². The van der Waals surface area contributed by atoms with Crippen LogP contribution in [-0.4, -0.2) is 42.2 Å². The van der Waals surface area contributed by atoms with Gasteiger partial charge in [0.1, 0.15) is 4.47 Å². The summed E-state index contributed by atoms with van der Waals surface area (Å²) in [6.45, 7) is 4.86. The van der Waals surface area contributed by atoms with E-state index in [9.17, 15) is 4.79 Å². The molecule has 18 heavy (non-hydrogen) atoms. The van der Waals surface area contributed by atoms with E-state index in [2.05, 4.69) is 26.3 Å². The number of nitrogens with one attached hydrogen (secondary N) is 1. The van der Waals surface area contributed by atoms with Crippen molar-refractivity contribution in [2.45, 2.75) is 19.6 Å². The van der Waals surface area contributed by atoms with Crippen molar-refractivity contribution in [3.8, 4) is 0 Å². The van der Waals surface area contributed by atoms with Gasteiger partial charge in [0.05, 0.1) is 37.8 Å². The van der Waals surface area contributed by atoms with Crippen molar-refractivity contribution in [2.24, 2.45) is 0 Å². The van der Waals surface area contributed by atoms with Gasteiger partial charge in [-0.2, -0.15) is 5.10 Å². The van der Waals surface area contributed by atoms with Crippen LogP contribution in [0.3, 0.4) is 0 Å². The van der Waals surface area contributed by atoms with Gasteiger partial charge in [-0.25, -0.2) is 4.68 Å². The summed E-state index contributed by atoms with van der Waals surface area (Å²) < 4.78 is 12.7. The first kappa shape index (κ1) is 13.5. The third-order valence-corrected chi connectivity index (χ3v) is 3.46. The minimum Gasteiger partial charge on any atom is -0.380 e. The van der Waals surface area contributed by atoms with Crippen LogP contribution in [0.15, 0.2) is 15.5 Å². The van der Waals surface area contributed by atoms with Crippen molar-refractivity contribution < 1.29 is 9.47 Å². The van der Waals surface area contributed by atoms with E-state index in [0.29, 0.717) is 43.1 Å². The zero-order valence-electron chi connectivity index (χ0n) is 10.2. The molecule has 2 heterocycles. The minimum atomic E-state index is -0.136. The normalized spacial score (nSPS) is 19.8. The topological polar surface area (TPSA) is 65.4 Å². The van der Waals surface area contributed by atoms with Gasteiger partial charge in [0.25, 0.3) is 5.56 Å². The van der Waals surface area contributed by atoms with Gasteiger partial charge < -0.3 is 14.8 Å². The van der Waals surface area contributed by atoms with Gasteiger partial charge in [0.2, 0.25) is 0 Å². The van der Waals surface area contributed by atoms with Crippen LogP contribution in [0, 0.1) is 0 Å². The number of hydrogen-bond acceptors (Lipinski definition) is 5. The predicted molar refractivity (Wildman–Crippen MR) is 70.9 cm³/mol. The molecule has 0 radical (unpaired) electrons. The summed E-state index contributed by atoms with van der Waals surface area (Å²) in [5, 5.41) is 7.21. The second-order valence-electron chi connectivity index (χ2n) is 3.94. The van der Waals surface area contributed by atoms with Crippen molar-refractivity contribution in [2.75, 3.05) is 31.7 Å². The number of ether oxygens (including phenoxy) is 2. The Bertz CT molecular complexity index is 457. The second kappa shape index (κ2) is 6.31. The highest BCUT2D eigenvalue weighted by Crippen LogP contribution is 2.16. The summed E-state index contributed by atoms with van der Waals surface area (Å²) in [5.41, 5.74) is 0.544. The van der Waals surface area contributed by atoms with E-state index in [1.807, 2.05) is 6.92 Å². The molecule has 1 atom stereocenters. The first-order valence-electron chi connectivity index (χ1n) is 5.91. The molecule has 2 rings (SSSR count). The Balaban J connectivity index is 2.01. The maximum absolute atomic E-state index is 11.8. The maximum atomic E-state index is 11.8. The molecule has 1 saturated heterocycles. The lowest BCUT2D eigenvalue weighted by Gasteiger charge is -2.23. The quantitative estimate of drug-likeness (QED) is 0.892. The average molecular weight is 318 g/mol. The van der Waals surface area contributed by atoms with Crippen LogP contribution in [0.4, 0.5) is 5.69 Å². The third-order valence-electron chi connectivity index (χ3n) is 2.69. The average Bonchev–Trinajstić information content (AvgIpc) is 2.42. The lowest BCUT2D eigenvalue weighted by Crippen LogP contribution is -2.34. The minimum absolute atomic E-state index is 0.0132. The van der Waals surface area contributed by atoms with Crippen LogP contribution in [0.1, 0.15) is 6.92 Å². The monoisotopic (exact) mass is 317 g/mol. The van der Waals surface area contributed by atoms with Crippen LogP contribution < -0.4 is 10.9 Å². The fourth-order valence-corrected chi connectivity index (χ4v) is 2.14. The zero-order chi connectivity index (χ0) is 13.0. The van der Waals surface area contributed by atoms with Crippen molar-refractivity contribution >= 4 is 21.6 Å². The highest BCUT2D eigenvalue weighted by Gasteiger charge is 2.15. The molecule has 1 aliphatic heterocycles. The van der Waals surface area contributed by atoms with Gasteiger partial charge in [0.15, 0.2) is 0 Å². The molecule has 1 fully saturated rings. The van der Waals surface area contributed by atoms with Crippen molar-refractivity contribution in [3.05, 3.63) is 21.0 Å². The van der Waals surface area contributed by atoms with Gasteiger partial charge in [-0.1, -0.05) is 0 Å². The highest BCUT2D eigenvalue weighted by atomic mass is 79.9. The molecule has 1 aromatic heterocycles. The van der Waals surface area contributed by atoms with Gasteiger partial charge in [-0.05, 0) is 22.9 Å². The van der Waals surface area contributed by atoms with Gasteiger partial charge in [-0.15, -0.1) is 0 Å². The summed E-state index contributed by atoms with van der Waals surface area (Å²) in [6, 6.07) is 0. The van der Waals surface area contributed by atoms with Crippen LogP contribution in [0.2, 0.25) is 0 Å². The molecule has 0 saturated carbocycles. The van der Waals surface area contributed by atoms with E-state index in [1.165, 1.54) is 4.68 Å². The molecule has 1 N–H and O–H groups in total. The summed E-state index contributed by atoms with van der Waals surface area (Å²) in [7, 11) is 0. The molecule has 0 spiro atoms. The Morgan fingerprint density at radius 2 is 2.44 bits per heavy atom. The number of halogens is 1. The molecule has 0 aromatic carbocycles. The molecular formula is C11H16BrN3O3. The number of rotatable bonds is 4. The van der Waals surface area contributed by atoms with E-state index in [-0.39, 0.29) is 11.7 Å². The summed E-state index contributed by atoms with van der Waals surface area (Å²) in [4.78, 5) is 11.8. The molecule has 0 bridgehead atoms. The van der Waals surface area contributed by atoms with E-state index in [4.69, 9.17) is 9.47 Å². The van der Waals surface area contributed by atoms with Crippen LogP contribution >= 0.6 is 15.9 Å². The van der Waals surface area contributed by atoms with E-state index in [0.717, 1.165) is 0 Å². The van der Waals surface area contributed by atoms with Gasteiger partial charge in [0, 0.05) is 13.1 Å². The molecule has 6 nitrogen and oxygen atoms in total. The summed E-state index contributed by atoms with van der Waals surface area (Å²) >= 11 is 3.29. The largest absolute Gasteiger partial charge is 0.380 e. The molecule has 0 amide bonds. The maximum Gasteiger partial charge on any atom is 0.283 e. The van der Waals surface area contributed by atoms with E-state index < -0.39 is 0 Å². The zero-order valence-corrected chi connectivity index (χ0v) is 11.8. The van der Waals surface area contributed by atoms with Crippen LogP contribution in [0.25, 0.3) is 0 Å². The molecule has 0 aliphatic carbocycles. The molecule has 1 aliphatic rings. The summed E-state index contributed by atoms with van der Waals surface area (Å²) in [6.07, 6.45) is 1.65. The Hall–Kier alpha value is -0.920. The van der Waals surface area contributed by atoms with Crippen molar-refractivity contribution in [1.82, 2.24) is 9.78 Å². The first-order chi connectivity index (χ1) is 8.72. The van der Waals surface area contributed by atoms with E-state index >= 15 is 0 Å². The third kappa shape index (κ3) is 3.09. The van der Waals surface area contributed by atoms with Crippen LogP contribution in [0.5, 0.6) is 0 Å². The lowest BCUT2D eigenvalue weighted by molar-refractivity contribution is -0.0818. The molecule has 100 valence electrons. The number of aryl methyl sites for hydroxylation is 1. The smallest absolute Gasteiger partial charge is 0.283 e. The number of aromatic nitrogens is 2. The Morgan fingerprint density at radius 1 is 1.61 bits per heavy atom. The van der Waals surface area contributed by atoms with E-state index in [1.54, 1.807) is 6.20 Å². The number of hydrogen-bond donors (Lipinski definition) is 1. The number of anilines is 1. The summed E-state index contributed by atoms with van der Waals surface area (Å²) in [5.74, 6) is 0. The van der Waals surface area contributed by atoms with Crippen molar-refractivity contribution in [3.63, 3.8) is 0 Å². The fraction of sp³-hybridized carbons (Fsp3) is 0.636. The molecule has 7 heteroatoms. The fourth-order valence-electron chi connectivity index (χ4n) is 1.69. The number of nitrogens with zero attached hydrogens (tertiary/aromatic N) is 2. The molecule has 1 aromatic rings. The second-order valence-corrected chi connectivity index (χ2v) is 4.73. The Kier molecular flexibility index (Phi) is 4.73. The molecular weight excluding hydrogens is 302 g/mol. The standard InChI is InChI=1S/C11H16BrN3O3/c1-2-15-11(16)10(12)9(6-14-15)13-5-8-7-17-3-4-18-8/h6,8,13H,2-5,7H2,1H3. The Morgan fingerprint density at radius 3 is 3.11 bits per heavy atom. The lowest BCUT2D eigenvalue weighted by atomic mass is 10.3. The Labute approximate surface area is 113 Å². The SMILES string of the molecule is CCn1ncc(NCC2COCCO2)c(Br)c1=O. The highest BCUT2D eigenvalue weighted by molar-refractivity contribution is 9.10. The predicted octanol–water partition coefficient (Wildman–Crippen LogP) is 0.853. The molecule has 1 unspecified atom stereocenters. The first-order valence-corrected chi connectivity index (χ1v) is 6.70. The van der Waals surface area contributed by atoms with Crippen molar-refractivity contribution in [1.29, 1.82) is 0 Å². The van der Waals surface area contributed by atoms with Gasteiger partial charge in [-0.3, -0.25) is 4.79 Å².